The van der Waals surface area contributed by atoms with Crippen molar-refractivity contribution in [3.63, 3.8) is 0 Å². The molecule has 0 aliphatic heterocycles. The van der Waals surface area contributed by atoms with Crippen LogP contribution < -0.4 is 4.57 Å². The van der Waals surface area contributed by atoms with Crippen LogP contribution in [0.25, 0.3) is 0 Å². The van der Waals surface area contributed by atoms with E-state index in [0.29, 0.717) is 0 Å². The number of aromatic amines is 1. The third kappa shape index (κ3) is 22.4. The molecule has 0 bridgehead atoms. The second kappa shape index (κ2) is 6.78. The zero-order valence-electron chi connectivity index (χ0n) is 11.3. The van der Waals surface area contributed by atoms with Gasteiger partial charge in [-0.1, -0.05) is 32.6 Å². The number of H-pyrrole nitrogens is 1. The van der Waals surface area contributed by atoms with E-state index in [2.05, 4.69) is 22.7 Å². The molecule has 1 aromatic heterocycles. The molecule has 1 N–H and O–H groups in total. The summed E-state index contributed by atoms with van der Waals surface area (Å²) in [6.07, 6.45) is 14.3. The van der Waals surface area contributed by atoms with Crippen LogP contribution in [0.5, 0.6) is 0 Å². The SMILES string of the molecule is CCCCCCCC[n+]1cc[nH]c1.F[P-](F)(F)(F)(F)F. The van der Waals surface area contributed by atoms with Crippen molar-refractivity contribution in [1.29, 1.82) is 0 Å². The molecule has 1 heterocycles. The Morgan fingerprint density at radius 1 is 0.900 bits per heavy atom. The van der Waals surface area contributed by atoms with Crippen LogP contribution >= 0.6 is 7.81 Å². The molecule has 0 unspecified atom stereocenters. The number of hydrogen-bond acceptors (Lipinski definition) is 0. The second-order valence-electron chi connectivity index (χ2n) is 4.58. The van der Waals surface area contributed by atoms with Crippen LogP contribution in [0.3, 0.4) is 0 Å². The monoisotopic (exact) mass is 326 g/mol. The van der Waals surface area contributed by atoms with Gasteiger partial charge >= 0.3 is 33.0 Å². The fourth-order valence-corrected chi connectivity index (χ4v) is 1.53. The van der Waals surface area contributed by atoms with Gasteiger partial charge in [-0.05, 0) is 12.8 Å². The first-order valence-electron chi connectivity index (χ1n) is 6.46. The molecule has 0 atom stereocenters. The van der Waals surface area contributed by atoms with E-state index in [0.717, 1.165) is 6.54 Å². The number of imidazole rings is 1. The van der Waals surface area contributed by atoms with Crippen molar-refractivity contribution in [1.82, 2.24) is 4.98 Å². The summed E-state index contributed by atoms with van der Waals surface area (Å²) in [4.78, 5) is 3.05. The Kier molecular flexibility index (Phi) is 6.52. The fourth-order valence-electron chi connectivity index (χ4n) is 1.53. The van der Waals surface area contributed by atoms with Gasteiger partial charge in [0.15, 0.2) is 0 Å². The van der Waals surface area contributed by atoms with Crippen molar-refractivity contribution in [3.8, 4) is 0 Å². The summed E-state index contributed by atoms with van der Waals surface area (Å²) < 4.78 is 61.4. The van der Waals surface area contributed by atoms with Crippen LogP contribution in [0, 0.1) is 0 Å². The molecule has 2 nitrogen and oxygen atoms in total. The Bertz CT molecular complexity index is 347. The van der Waals surface area contributed by atoms with Crippen LogP contribution in [-0.4, -0.2) is 4.98 Å². The molecule has 1 aromatic rings. The quantitative estimate of drug-likeness (QED) is 0.272. The maximum absolute atomic E-state index is 10.7. The summed E-state index contributed by atoms with van der Waals surface area (Å²) in [6.45, 7) is 3.42. The van der Waals surface area contributed by atoms with Crippen LogP contribution in [0.15, 0.2) is 18.7 Å². The average Bonchev–Trinajstić information content (AvgIpc) is 2.71. The predicted molar refractivity (Wildman–Crippen MR) is 67.9 cm³/mol. The molecule has 0 amide bonds. The number of halogens is 6. The molecule has 0 saturated carbocycles. The molecule has 0 saturated heterocycles. The molecule has 0 aliphatic carbocycles. The zero-order valence-corrected chi connectivity index (χ0v) is 12.2. The fraction of sp³-hybridized carbons (Fsp3) is 0.727. The molecule has 0 aromatic carbocycles. The molecule has 0 radical (unpaired) electrons. The van der Waals surface area contributed by atoms with Gasteiger partial charge in [0.2, 0.25) is 6.33 Å². The van der Waals surface area contributed by atoms with Crippen LogP contribution in [0.2, 0.25) is 0 Å². The van der Waals surface area contributed by atoms with Gasteiger partial charge in [-0.3, -0.25) is 4.98 Å². The summed E-state index contributed by atoms with van der Waals surface area (Å²) in [5, 5.41) is 0. The maximum atomic E-state index is 9.87. The summed E-state index contributed by atoms with van der Waals surface area (Å²) in [5.41, 5.74) is 0. The van der Waals surface area contributed by atoms with Gasteiger partial charge in [-0.25, -0.2) is 4.57 Å². The minimum atomic E-state index is -10.7. The second-order valence-corrected chi connectivity index (χ2v) is 6.49. The Labute approximate surface area is 114 Å². The zero-order chi connectivity index (χ0) is 15.8. The van der Waals surface area contributed by atoms with Crippen LogP contribution in [-0.2, 0) is 6.54 Å². The first kappa shape index (κ1) is 19.2. The van der Waals surface area contributed by atoms with E-state index in [1.807, 2.05) is 12.5 Å². The van der Waals surface area contributed by atoms with E-state index >= 15 is 0 Å². The number of aryl methyl sites for hydroxylation is 1. The van der Waals surface area contributed by atoms with E-state index in [4.69, 9.17) is 0 Å². The van der Waals surface area contributed by atoms with Gasteiger partial charge in [-0.15, -0.1) is 0 Å². The Morgan fingerprint density at radius 2 is 1.40 bits per heavy atom. The van der Waals surface area contributed by atoms with Gasteiger partial charge in [0.25, 0.3) is 0 Å². The number of unbranched alkanes of at least 4 members (excludes halogenated alkanes) is 5. The average molecular weight is 326 g/mol. The van der Waals surface area contributed by atoms with Crippen molar-refractivity contribution >= 4 is 7.81 Å². The standard InChI is InChI=1S/C11H20N2.F6P/c1-2-3-4-5-6-7-9-13-10-8-12-11-13;1-7(2,3,4,5)6/h8,10-11H,2-7,9H2,1H3;/q;-1/p+1. The molecule has 9 heteroatoms. The first-order chi connectivity index (χ1) is 8.88. The summed E-state index contributed by atoms with van der Waals surface area (Å²) in [6, 6.07) is 0. The molecular weight excluding hydrogens is 305 g/mol. The molecule has 1 rings (SSSR count). The number of nitrogens with one attached hydrogen (secondary N) is 1. The molecule has 0 fully saturated rings. The Morgan fingerprint density at radius 3 is 1.85 bits per heavy atom. The van der Waals surface area contributed by atoms with E-state index < -0.39 is 7.81 Å². The van der Waals surface area contributed by atoms with Gasteiger partial charge in [0, 0.05) is 0 Å². The Balaban J connectivity index is 0.000000441. The number of hydrogen-bond donors (Lipinski definition) is 1. The number of rotatable bonds is 7. The van der Waals surface area contributed by atoms with Crippen molar-refractivity contribution in [2.24, 2.45) is 0 Å². The third-order valence-corrected chi connectivity index (χ3v) is 2.37. The van der Waals surface area contributed by atoms with Gasteiger partial charge < -0.3 is 0 Å². The van der Waals surface area contributed by atoms with E-state index in [1.54, 1.807) is 0 Å². The summed E-state index contributed by atoms with van der Waals surface area (Å²) in [5.74, 6) is 0. The van der Waals surface area contributed by atoms with Crippen molar-refractivity contribution in [2.45, 2.75) is 52.0 Å². The minimum absolute atomic E-state index is 1.16. The summed E-state index contributed by atoms with van der Waals surface area (Å²) in [7, 11) is -10.7. The molecule has 20 heavy (non-hydrogen) atoms. The van der Waals surface area contributed by atoms with Crippen LogP contribution in [0.1, 0.15) is 45.4 Å². The van der Waals surface area contributed by atoms with Crippen LogP contribution in [0.4, 0.5) is 25.2 Å². The van der Waals surface area contributed by atoms with E-state index in [9.17, 15) is 25.2 Å². The van der Waals surface area contributed by atoms with Gasteiger partial charge in [0.05, 0.1) is 6.54 Å². The number of aromatic nitrogens is 2. The predicted octanol–water partition coefficient (Wildman–Crippen LogP) is 6.05. The van der Waals surface area contributed by atoms with Crippen molar-refractivity contribution in [3.05, 3.63) is 18.7 Å². The molecule has 0 aliphatic rings. The molecule has 122 valence electrons. The van der Waals surface area contributed by atoms with Gasteiger partial charge in [-0.2, -0.15) is 0 Å². The van der Waals surface area contributed by atoms with Crippen molar-refractivity contribution < 1.29 is 29.7 Å². The van der Waals surface area contributed by atoms with E-state index in [1.165, 1.54) is 38.5 Å². The third-order valence-electron chi connectivity index (χ3n) is 2.37. The topological polar surface area (TPSA) is 19.7 Å². The molecular formula is C11H21F6N2P. The van der Waals surface area contributed by atoms with E-state index in [-0.39, 0.29) is 0 Å². The summed E-state index contributed by atoms with van der Waals surface area (Å²) >= 11 is 0. The molecule has 0 spiro atoms. The first-order valence-corrected chi connectivity index (χ1v) is 8.49. The Hall–Kier alpha value is -0.780. The van der Waals surface area contributed by atoms with Crippen molar-refractivity contribution in [2.75, 3.05) is 0 Å². The number of nitrogens with zero attached hydrogens (tertiary/aromatic N) is 1. The van der Waals surface area contributed by atoms with Gasteiger partial charge in [0.1, 0.15) is 12.4 Å². The normalized spacial score (nSPS) is 14.9.